The SMILES string of the molecule is COc1cc(Nc2cc(-c3ccccc3OC)ncn2)ccc1OCc1ccccc1. The third kappa shape index (κ3) is 4.93. The molecule has 0 bridgehead atoms. The van der Waals surface area contributed by atoms with Gasteiger partial charge >= 0.3 is 0 Å². The number of rotatable bonds is 8. The lowest BCUT2D eigenvalue weighted by Crippen LogP contribution is -2.00. The highest BCUT2D eigenvalue weighted by Gasteiger charge is 2.10. The van der Waals surface area contributed by atoms with Gasteiger partial charge in [-0.05, 0) is 29.8 Å². The van der Waals surface area contributed by atoms with Crippen molar-refractivity contribution >= 4 is 11.5 Å². The Morgan fingerprint density at radius 2 is 1.52 bits per heavy atom. The van der Waals surface area contributed by atoms with E-state index in [1.807, 2.05) is 78.9 Å². The van der Waals surface area contributed by atoms with Crippen molar-refractivity contribution in [3.63, 3.8) is 0 Å². The summed E-state index contributed by atoms with van der Waals surface area (Å²) >= 11 is 0. The summed E-state index contributed by atoms with van der Waals surface area (Å²) in [5.41, 5.74) is 3.59. The molecule has 1 N–H and O–H groups in total. The average Bonchev–Trinajstić information content (AvgIpc) is 2.84. The number of benzene rings is 3. The Bertz CT molecular complexity index is 1150. The summed E-state index contributed by atoms with van der Waals surface area (Å²) in [4.78, 5) is 8.72. The molecular formula is C25H23N3O3. The molecule has 156 valence electrons. The van der Waals surface area contributed by atoms with Crippen molar-refractivity contribution in [2.24, 2.45) is 0 Å². The van der Waals surface area contributed by atoms with Gasteiger partial charge in [0.25, 0.3) is 0 Å². The van der Waals surface area contributed by atoms with Gasteiger partial charge in [0.15, 0.2) is 11.5 Å². The summed E-state index contributed by atoms with van der Waals surface area (Å²) in [7, 11) is 3.27. The molecule has 0 radical (unpaired) electrons. The molecule has 0 atom stereocenters. The molecule has 6 nitrogen and oxygen atoms in total. The zero-order chi connectivity index (χ0) is 21.5. The van der Waals surface area contributed by atoms with Crippen molar-refractivity contribution in [2.75, 3.05) is 19.5 Å². The van der Waals surface area contributed by atoms with Crippen LogP contribution in [0.5, 0.6) is 17.2 Å². The average molecular weight is 413 g/mol. The van der Waals surface area contributed by atoms with Crippen LogP contribution in [0.15, 0.2) is 85.2 Å². The lowest BCUT2D eigenvalue weighted by atomic mass is 10.1. The van der Waals surface area contributed by atoms with Crippen LogP contribution in [-0.2, 0) is 6.61 Å². The van der Waals surface area contributed by atoms with Crippen molar-refractivity contribution in [1.82, 2.24) is 9.97 Å². The van der Waals surface area contributed by atoms with E-state index >= 15 is 0 Å². The van der Waals surface area contributed by atoms with Crippen molar-refractivity contribution in [2.45, 2.75) is 6.61 Å². The van der Waals surface area contributed by atoms with Crippen molar-refractivity contribution < 1.29 is 14.2 Å². The van der Waals surface area contributed by atoms with Crippen LogP contribution in [0.3, 0.4) is 0 Å². The van der Waals surface area contributed by atoms with E-state index in [1.54, 1.807) is 14.2 Å². The van der Waals surface area contributed by atoms with E-state index < -0.39 is 0 Å². The predicted molar refractivity (Wildman–Crippen MR) is 121 cm³/mol. The molecule has 1 heterocycles. The van der Waals surface area contributed by atoms with Gasteiger partial charge in [0.1, 0.15) is 24.5 Å². The van der Waals surface area contributed by atoms with E-state index in [-0.39, 0.29) is 0 Å². The number of ether oxygens (including phenoxy) is 3. The number of hydrogen-bond donors (Lipinski definition) is 1. The number of para-hydroxylation sites is 1. The Hall–Kier alpha value is -4.06. The van der Waals surface area contributed by atoms with Crippen LogP contribution < -0.4 is 19.5 Å². The molecule has 0 saturated carbocycles. The summed E-state index contributed by atoms with van der Waals surface area (Å²) in [5, 5.41) is 3.30. The van der Waals surface area contributed by atoms with Gasteiger partial charge in [-0.15, -0.1) is 0 Å². The summed E-state index contributed by atoms with van der Waals surface area (Å²) in [6, 6.07) is 25.3. The molecule has 3 aromatic carbocycles. The Morgan fingerprint density at radius 1 is 0.742 bits per heavy atom. The smallest absolute Gasteiger partial charge is 0.162 e. The van der Waals surface area contributed by atoms with Crippen LogP contribution in [0.2, 0.25) is 0 Å². The van der Waals surface area contributed by atoms with E-state index in [0.29, 0.717) is 23.9 Å². The van der Waals surface area contributed by atoms with Crippen LogP contribution in [0, 0.1) is 0 Å². The third-order valence-electron chi connectivity index (χ3n) is 4.72. The van der Waals surface area contributed by atoms with Crippen LogP contribution in [-0.4, -0.2) is 24.2 Å². The molecule has 0 saturated heterocycles. The molecule has 0 aliphatic carbocycles. The van der Waals surface area contributed by atoms with E-state index in [1.165, 1.54) is 6.33 Å². The van der Waals surface area contributed by atoms with Gasteiger partial charge in [0, 0.05) is 23.4 Å². The van der Waals surface area contributed by atoms with Crippen LogP contribution in [0.4, 0.5) is 11.5 Å². The molecule has 4 rings (SSSR count). The molecule has 0 aliphatic rings. The van der Waals surface area contributed by atoms with Gasteiger partial charge in [0.05, 0.1) is 19.9 Å². The molecule has 31 heavy (non-hydrogen) atoms. The molecule has 0 unspecified atom stereocenters. The predicted octanol–water partition coefficient (Wildman–Crippen LogP) is 5.48. The van der Waals surface area contributed by atoms with Crippen LogP contribution in [0.1, 0.15) is 5.56 Å². The third-order valence-corrected chi connectivity index (χ3v) is 4.72. The zero-order valence-corrected chi connectivity index (χ0v) is 17.4. The summed E-state index contributed by atoms with van der Waals surface area (Å²) in [6.07, 6.45) is 1.53. The minimum atomic E-state index is 0.470. The first kappa shape index (κ1) is 20.2. The molecule has 6 heteroatoms. The quantitative estimate of drug-likeness (QED) is 0.412. The van der Waals surface area contributed by atoms with Crippen molar-refractivity contribution in [1.29, 1.82) is 0 Å². The van der Waals surface area contributed by atoms with Gasteiger partial charge in [-0.1, -0.05) is 42.5 Å². The van der Waals surface area contributed by atoms with Gasteiger partial charge in [-0.2, -0.15) is 0 Å². The van der Waals surface area contributed by atoms with E-state index in [4.69, 9.17) is 14.2 Å². The van der Waals surface area contributed by atoms with Crippen molar-refractivity contribution in [3.05, 3.63) is 90.8 Å². The Kier molecular flexibility index (Phi) is 6.28. The highest BCUT2D eigenvalue weighted by molar-refractivity contribution is 5.70. The van der Waals surface area contributed by atoms with Crippen LogP contribution in [0.25, 0.3) is 11.3 Å². The molecule has 1 aromatic heterocycles. The fourth-order valence-electron chi connectivity index (χ4n) is 3.18. The first-order valence-corrected chi connectivity index (χ1v) is 9.84. The molecular weight excluding hydrogens is 390 g/mol. The summed E-state index contributed by atoms with van der Waals surface area (Å²) < 4.78 is 16.9. The van der Waals surface area contributed by atoms with E-state index in [2.05, 4.69) is 15.3 Å². The number of hydrogen-bond acceptors (Lipinski definition) is 6. The molecule has 0 amide bonds. The molecule has 4 aromatic rings. The number of nitrogens with zero attached hydrogens (tertiary/aromatic N) is 2. The zero-order valence-electron chi connectivity index (χ0n) is 17.4. The second-order valence-electron chi connectivity index (χ2n) is 6.75. The van der Waals surface area contributed by atoms with Gasteiger partial charge in [-0.3, -0.25) is 0 Å². The minimum absolute atomic E-state index is 0.470. The summed E-state index contributed by atoms with van der Waals surface area (Å²) in [6.45, 7) is 0.470. The number of anilines is 2. The van der Waals surface area contributed by atoms with Gasteiger partial charge < -0.3 is 19.5 Å². The number of aromatic nitrogens is 2. The van der Waals surface area contributed by atoms with E-state index in [0.717, 1.165) is 28.3 Å². The summed E-state index contributed by atoms with van der Waals surface area (Å²) in [5.74, 6) is 2.74. The molecule has 0 fully saturated rings. The Morgan fingerprint density at radius 3 is 2.32 bits per heavy atom. The number of nitrogens with one attached hydrogen (secondary N) is 1. The minimum Gasteiger partial charge on any atom is -0.496 e. The Balaban J connectivity index is 1.52. The molecule has 0 spiro atoms. The first-order chi connectivity index (χ1) is 15.3. The largest absolute Gasteiger partial charge is 0.496 e. The highest BCUT2D eigenvalue weighted by Crippen LogP contribution is 2.33. The maximum Gasteiger partial charge on any atom is 0.162 e. The second-order valence-corrected chi connectivity index (χ2v) is 6.75. The highest BCUT2D eigenvalue weighted by atomic mass is 16.5. The lowest BCUT2D eigenvalue weighted by molar-refractivity contribution is 0.284. The maximum atomic E-state index is 5.93. The van der Waals surface area contributed by atoms with Crippen LogP contribution >= 0.6 is 0 Å². The normalized spacial score (nSPS) is 10.4. The van der Waals surface area contributed by atoms with Gasteiger partial charge in [-0.25, -0.2) is 9.97 Å². The fraction of sp³-hybridized carbons (Fsp3) is 0.120. The lowest BCUT2D eigenvalue weighted by Gasteiger charge is -2.13. The standard InChI is InChI=1S/C25H23N3O3/c1-29-22-11-7-6-10-20(22)21-15-25(27-17-26-21)28-19-12-13-23(24(14-19)30-2)31-16-18-8-4-3-5-9-18/h3-15,17H,16H2,1-2H3,(H,26,27,28). The van der Waals surface area contributed by atoms with Gasteiger partial charge in [0.2, 0.25) is 0 Å². The second kappa shape index (κ2) is 9.63. The van der Waals surface area contributed by atoms with E-state index in [9.17, 15) is 0 Å². The Labute approximate surface area is 181 Å². The maximum absolute atomic E-state index is 5.93. The topological polar surface area (TPSA) is 65.5 Å². The number of methoxy groups -OCH3 is 2. The monoisotopic (exact) mass is 413 g/mol. The first-order valence-electron chi connectivity index (χ1n) is 9.84. The fourth-order valence-corrected chi connectivity index (χ4v) is 3.18. The molecule has 0 aliphatic heterocycles. The van der Waals surface area contributed by atoms with Crippen molar-refractivity contribution in [3.8, 4) is 28.5 Å².